The van der Waals surface area contributed by atoms with Crippen LogP contribution in [-0.2, 0) is 9.59 Å². The fourth-order valence-electron chi connectivity index (χ4n) is 2.62. The number of anilines is 1. The van der Waals surface area contributed by atoms with Crippen LogP contribution in [0.4, 0.5) is 10.1 Å². The van der Waals surface area contributed by atoms with Gasteiger partial charge in [0, 0.05) is 12.2 Å². The molecule has 2 rings (SSSR count). The number of rotatable bonds is 9. The first-order chi connectivity index (χ1) is 13.0. The third-order valence-electron chi connectivity index (χ3n) is 4.07. The molecule has 144 valence electrons. The molecule has 0 spiro atoms. The van der Waals surface area contributed by atoms with Crippen LogP contribution in [0.3, 0.4) is 0 Å². The summed E-state index contributed by atoms with van der Waals surface area (Å²) in [5.41, 5.74) is 0.692. The zero-order valence-electron chi connectivity index (χ0n) is 15.7. The highest BCUT2D eigenvalue weighted by Crippen LogP contribution is 2.13. The van der Waals surface area contributed by atoms with E-state index in [-0.39, 0.29) is 30.7 Å². The summed E-state index contributed by atoms with van der Waals surface area (Å²) in [6, 6.07) is 14.2. The lowest BCUT2D eigenvalue weighted by Crippen LogP contribution is -2.46. The van der Waals surface area contributed by atoms with Gasteiger partial charge >= 0.3 is 0 Å². The van der Waals surface area contributed by atoms with E-state index in [1.54, 1.807) is 24.0 Å². The highest BCUT2D eigenvalue weighted by atomic mass is 19.1. The van der Waals surface area contributed by atoms with Crippen LogP contribution in [0, 0.1) is 5.82 Å². The van der Waals surface area contributed by atoms with Crippen LogP contribution in [0.1, 0.15) is 26.7 Å². The van der Waals surface area contributed by atoms with E-state index in [0.29, 0.717) is 18.0 Å². The van der Waals surface area contributed by atoms with E-state index in [2.05, 4.69) is 5.32 Å². The SMILES string of the molecule is CCCN(C(=O)CCOc1ccc(F)cc1)C(C)C(=O)Nc1ccccc1. The van der Waals surface area contributed by atoms with Crippen molar-refractivity contribution in [1.82, 2.24) is 4.90 Å². The number of amides is 2. The predicted octanol–water partition coefficient (Wildman–Crippen LogP) is 3.86. The molecule has 0 aliphatic heterocycles. The monoisotopic (exact) mass is 372 g/mol. The molecule has 0 aliphatic carbocycles. The lowest BCUT2D eigenvalue weighted by Gasteiger charge is -2.28. The summed E-state index contributed by atoms with van der Waals surface area (Å²) in [6.07, 6.45) is 0.883. The number of carbonyl (C=O) groups is 2. The van der Waals surface area contributed by atoms with Gasteiger partial charge in [0.15, 0.2) is 0 Å². The predicted molar refractivity (Wildman–Crippen MR) is 103 cm³/mol. The first-order valence-corrected chi connectivity index (χ1v) is 9.05. The lowest BCUT2D eigenvalue weighted by atomic mass is 10.2. The van der Waals surface area contributed by atoms with Crippen molar-refractivity contribution in [3.05, 3.63) is 60.4 Å². The van der Waals surface area contributed by atoms with Crippen LogP contribution in [0.25, 0.3) is 0 Å². The summed E-state index contributed by atoms with van der Waals surface area (Å²) in [6.45, 7) is 4.32. The van der Waals surface area contributed by atoms with Crippen LogP contribution in [0.2, 0.25) is 0 Å². The summed E-state index contributed by atoms with van der Waals surface area (Å²) in [5, 5.41) is 2.82. The maximum absolute atomic E-state index is 12.9. The second-order valence-corrected chi connectivity index (χ2v) is 6.17. The zero-order valence-corrected chi connectivity index (χ0v) is 15.7. The molecule has 1 N–H and O–H groups in total. The van der Waals surface area contributed by atoms with Gasteiger partial charge in [-0.05, 0) is 49.7 Å². The standard InChI is InChI=1S/C21H25FN2O3/c1-3-14-24(16(2)21(26)23-18-7-5-4-6-8-18)20(25)13-15-27-19-11-9-17(22)10-12-19/h4-12,16H,3,13-15H2,1-2H3,(H,23,26). The van der Waals surface area contributed by atoms with Gasteiger partial charge in [0.1, 0.15) is 17.6 Å². The smallest absolute Gasteiger partial charge is 0.246 e. The average Bonchev–Trinajstić information content (AvgIpc) is 2.67. The fourth-order valence-corrected chi connectivity index (χ4v) is 2.62. The molecule has 5 nitrogen and oxygen atoms in total. The molecule has 0 aliphatic rings. The molecular weight excluding hydrogens is 347 g/mol. The Labute approximate surface area is 159 Å². The summed E-state index contributed by atoms with van der Waals surface area (Å²) in [5.74, 6) is -0.232. The molecule has 2 aromatic carbocycles. The second-order valence-electron chi connectivity index (χ2n) is 6.17. The van der Waals surface area contributed by atoms with Crippen molar-refractivity contribution in [1.29, 1.82) is 0 Å². The van der Waals surface area contributed by atoms with Crippen LogP contribution >= 0.6 is 0 Å². The third kappa shape index (κ3) is 6.40. The number of para-hydroxylation sites is 1. The van der Waals surface area contributed by atoms with Crippen molar-refractivity contribution in [3.63, 3.8) is 0 Å². The highest BCUT2D eigenvalue weighted by Gasteiger charge is 2.25. The Bertz CT molecular complexity index is 735. The van der Waals surface area contributed by atoms with Crippen molar-refractivity contribution in [2.45, 2.75) is 32.7 Å². The maximum atomic E-state index is 12.9. The quantitative estimate of drug-likeness (QED) is 0.727. The number of ether oxygens (including phenoxy) is 1. The fraction of sp³-hybridized carbons (Fsp3) is 0.333. The minimum atomic E-state index is -0.594. The second kappa shape index (κ2) is 10.3. The van der Waals surface area contributed by atoms with Crippen molar-refractivity contribution in [2.75, 3.05) is 18.5 Å². The minimum Gasteiger partial charge on any atom is -0.493 e. The molecule has 0 saturated heterocycles. The normalized spacial score (nSPS) is 11.5. The third-order valence-corrected chi connectivity index (χ3v) is 4.07. The lowest BCUT2D eigenvalue weighted by molar-refractivity contribution is -0.138. The van der Waals surface area contributed by atoms with Gasteiger partial charge in [-0.25, -0.2) is 4.39 Å². The number of carbonyl (C=O) groups excluding carboxylic acids is 2. The highest BCUT2D eigenvalue weighted by molar-refractivity contribution is 5.96. The van der Waals surface area contributed by atoms with Crippen molar-refractivity contribution in [3.8, 4) is 5.75 Å². The molecule has 2 amide bonds. The van der Waals surface area contributed by atoms with Crippen molar-refractivity contribution >= 4 is 17.5 Å². The molecule has 6 heteroatoms. The van der Waals surface area contributed by atoms with E-state index >= 15 is 0 Å². The van der Waals surface area contributed by atoms with Gasteiger partial charge in [-0.15, -0.1) is 0 Å². The van der Waals surface area contributed by atoms with E-state index in [0.717, 1.165) is 6.42 Å². The van der Waals surface area contributed by atoms with Gasteiger partial charge < -0.3 is 15.0 Å². The molecule has 0 bridgehead atoms. The van der Waals surface area contributed by atoms with Crippen molar-refractivity contribution < 1.29 is 18.7 Å². The summed E-state index contributed by atoms with van der Waals surface area (Å²) < 4.78 is 18.4. The van der Waals surface area contributed by atoms with E-state index < -0.39 is 6.04 Å². The van der Waals surface area contributed by atoms with Gasteiger partial charge in [-0.1, -0.05) is 25.1 Å². The molecular formula is C21H25FN2O3. The first kappa shape index (κ1) is 20.4. The molecule has 0 heterocycles. The van der Waals surface area contributed by atoms with Gasteiger partial charge in [0.25, 0.3) is 0 Å². The van der Waals surface area contributed by atoms with E-state index in [4.69, 9.17) is 4.74 Å². The van der Waals surface area contributed by atoms with Crippen LogP contribution in [-0.4, -0.2) is 35.9 Å². The Hall–Kier alpha value is -2.89. The van der Waals surface area contributed by atoms with E-state index in [9.17, 15) is 14.0 Å². The van der Waals surface area contributed by atoms with Gasteiger partial charge in [0.2, 0.25) is 11.8 Å². The Morgan fingerprint density at radius 1 is 1.11 bits per heavy atom. The molecule has 1 atom stereocenters. The summed E-state index contributed by atoms with van der Waals surface area (Å²) >= 11 is 0. The van der Waals surface area contributed by atoms with Gasteiger partial charge in [-0.2, -0.15) is 0 Å². The van der Waals surface area contributed by atoms with Crippen molar-refractivity contribution in [2.24, 2.45) is 0 Å². The Kier molecular flexibility index (Phi) is 7.79. The molecule has 0 aromatic heterocycles. The Balaban J connectivity index is 1.90. The van der Waals surface area contributed by atoms with E-state index in [1.807, 2.05) is 25.1 Å². The number of hydrogen-bond donors (Lipinski definition) is 1. The van der Waals surface area contributed by atoms with E-state index in [1.165, 1.54) is 24.3 Å². The largest absolute Gasteiger partial charge is 0.493 e. The summed E-state index contributed by atoms with van der Waals surface area (Å²) in [7, 11) is 0. The molecule has 2 aromatic rings. The molecule has 0 fully saturated rings. The van der Waals surface area contributed by atoms with Gasteiger partial charge in [-0.3, -0.25) is 9.59 Å². The van der Waals surface area contributed by atoms with Crippen LogP contribution in [0.15, 0.2) is 54.6 Å². The van der Waals surface area contributed by atoms with Crippen LogP contribution < -0.4 is 10.1 Å². The minimum absolute atomic E-state index is 0.139. The van der Waals surface area contributed by atoms with Gasteiger partial charge in [0.05, 0.1) is 13.0 Å². The Morgan fingerprint density at radius 2 is 1.78 bits per heavy atom. The molecule has 0 saturated carbocycles. The zero-order chi connectivity index (χ0) is 19.6. The molecule has 1 unspecified atom stereocenters. The number of halogens is 1. The van der Waals surface area contributed by atoms with Crippen LogP contribution in [0.5, 0.6) is 5.75 Å². The number of nitrogens with one attached hydrogen (secondary N) is 1. The first-order valence-electron chi connectivity index (χ1n) is 9.05. The number of benzene rings is 2. The Morgan fingerprint density at radius 3 is 2.41 bits per heavy atom. The average molecular weight is 372 g/mol. The number of hydrogen-bond acceptors (Lipinski definition) is 3. The number of nitrogens with zero attached hydrogens (tertiary/aromatic N) is 1. The summed E-state index contributed by atoms with van der Waals surface area (Å²) in [4.78, 5) is 26.6. The maximum Gasteiger partial charge on any atom is 0.246 e. The molecule has 27 heavy (non-hydrogen) atoms. The molecule has 0 radical (unpaired) electrons. The topological polar surface area (TPSA) is 58.6 Å².